The Bertz CT molecular complexity index is 633. The Hall–Kier alpha value is -1.94. The summed E-state index contributed by atoms with van der Waals surface area (Å²) < 4.78 is 0. The molecule has 0 radical (unpaired) electrons. The maximum atomic E-state index is 5.94. The molecule has 78 valence electrons. The number of nitrogens with one attached hydrogen (secondary N) is 1. The molecule has 0 unspecified atom stereocenters. The van der Waals surface area contributed by atoms with E-state index >= 15 is 0 Å². The van der Waals surface area contributed by atoms with Crippen LogP contribution in [0.4, 0.5) is 0 Å². The fraction of sp³-hybridized carbons (Fsp3) is 0. The minimum atomic E-state index is 0.389. The lowest BCUT2D eigenvalue weighted by atomic mass is 10.2. The fourth-order valence-electron chi connectivity index (χ4n) is 1.53. The Labute approximate surface area is 96.3 Å². The summed E-state index contributed by atoms with van der Waals surface area (Å²) in [5.41, 5.74) is 2.25. The Kier molecular flexibility index (Phi) is 2.08. The first kappa shape index (κ1) is 9.30. The highest BCUT2D eigenvalue weighted by Gasteiger charge is 2.08. The SMILES string of the molecule is Clc1ncnc2nc(-c3ccccc3)[nH]c12. The molecule has 0 spiro atoms. The second-order valence-electron chi connectivity index (χ2n) is 3.31. The van der Waals surface area contributed by atoms with Crippen molar-refractivity contribution < 1.29 is 0 Å². The number of imidazole rings is 1. The quantitative estimate of drug-likeness (QED) is 0.654. The topological polar surface area (TPSA) is 54.5 Å². The maximum absolute atomic E-state index is 5.94. The Morgan fingerprint density at radius 2 is 1.88 bits per heavy atom. The van der Waals surface area contributed by atoms with Crippen molar-refractivity contribution in [2.75, 3.05) is 0 Å². The van der Waals surface area contributed by atoms with Crippen LogP contribution in [0.5, 0.6) is 0 Å². The van der Waals surface area contributed by atoms with Gasteiger partial charge in [-0.15, -0.1) is 0 Å². The lowest BCUT2D eigenvalue weighted by molar-refractivity contribution is 1.20. The van der Waals surface area contributed by atoms with Crippen LogP contribution in [0.2, 0.25) is 5.15 Å². The van der Waals surface area contributed by atoms with Gasteiger partial charge in [0.05, 0.1) is 0 Å². The van der Waals surface area contributed by atoms with Crippen molar-refractivity contribution in [1.82, 2.24) is 19.9 Å². The van der Waals surface area contributed by atoms with Crippen molar-refractivity contribution in [3.05, 3.63) is 41.8 Å². The molecule has 16 heavy (non-hydrogen) atoms. The predicted molar refractivity (Wildman–Crippen MR) is 62.1 cm³/mol. The zero-order valence-corrected chi connectivity index (χ0v) is 8.94. The third-order valence-corrected chi connectivity index (χ3v) is 2.58. The fourth-order valence-corrected chi connectivity index (χ4v) is 1.71. The Balaban J connectivity index is 2.23. The van der Waals surface area contributed by atoms with E-state index in [4.69, 9.17) is 11.6 Å². The van der Waals surface area contributed by atoms with E-state index in [2.05, 4.69) is 19.9 Å². The molecule has 0 saturated heterocycles. The van der Waals surface area contributed by atoms with Gasteiger partial charge >= 0.3 is 0 Å². The van der Waals surface area contributed by atoms with Crippen LogP contribution >= 0.6 is 11.6 Å². The van der Waals surface area contributed by atoms with Crippen LogP contribution in [0, 0.1) is 0 Å². The molecule has 5 heteroatoms. The van der Waals surface area contributed by atoms with Gasteiger partial charge in [0.1, 0.15) is 17.7 Å². The first-order chi connectivity index (χ1) is 7.84. The van der Waals surface area contributed by atoms with Crippen LogP contribution in [0.1, 0.15) is 0 Å². The van der Waals surface area contributed by atoms with Gasteiger partial charge in [-0.05, 0) is 0 Å². The molecule has 0 aliphatic heterocycles. The van der Waals surface area contributed by atoms with Crippen LogP contribution in [-0.2, 0) is 0 Å². The van der Waals surface area contributed by atoms with Crippen molar-refractivity contribution in [3.8, 4) is 11.4 Å². The van der Waals surface area contributed by atoms with Crippen molar-refractivity contribution in [1.29, 1.82) is 0 Å². The van der Waals surface area contributed by atoms with Crippen LogP contribution < -0.4 is 0 Å². The van der Waals surface area contributed by atoms with Crippen LogP contribution in [-0.4, -0.2) is 19.9 Å². The van der Waals surface area contributed by atoms with E-state index < -0.39 is 0 Å². The average Bonchev–Trinajstić information content (AvgIpc) is 2.76. The standard InChI is InChI=1S/C11H7ClN4/c12-9-8-11(14-6-13-9)16-10(15-8)7-4-2-1-3-5-7/h1-6H,(H,13,14,15,16). The van der Waals surface area contributed by atoms with E-state index in [-0.39, 0.29) is 0 Å². The number of rotatable bonds is 1. The lowest BCUT2D eigenvalue weighted by Gasteiger charge is -1.93. The molecule has 3 rings (SSSR count). The van der Waals surface area contributed by atoms with E-state index in [1.54, 1.807) is 0 Å². The van der Waals surface area contributed by atoms with E-state index in [0.717, 1.165) is 11.4 Å². The molecule has 0 bridgehead atoms. The minimum absolute atomic E-state index is 0.389. The number of hydrogen-bond donors (Lipinski definition) is 1. The highest BCUT2D eigenvalue weighted by atomic mass is 35.5. The minimum Gasteiger partial charge on any atom is -0.334 e. The van der Waals surface area contributed by atoms with Gasteiger partial charge in [-0.2, -0.15) is 0 Å². The molecule has 1 aromatic carbocycles. The first-order valence-corrected chi connectivity index (χ1v) is 5.14. The lowest BCUT2D eigenvalue weighted by Crippen LogP contribution is -1.80. The zero-order chi connectivity index (χ0) is 11.0. The number of aromatic amines is 1. The summed E-state index contributed by atoms with van der Waals surface area (Å²) in [7, 11) is 0. The summed E-state index contributed by atoms with van der Waals surface area (Å²) in [6.07, 6.45) is 1.40. The second kappa shape index (κ2) is 3.57. The third kappa shape index (κ3) is 1.44. The number of halogens is 1. The molecule has 0 amide bonds. The predicted octanol–water partition coefficient (Wildman–Crippen LogP) is 2.67. The van der Waals surface area contributed by atoms with Gasteiger partial charge in [0.2, 0.25) is 0 Å². The smallest absolute Gasteiger partial charge is 0.182 e. The van der Waals surface area contributed by atoms with Gasteiger partial charge < -0.3 is 4.98 Å². The molecule has 3 aromatic rings. The van der Waals surface area contributed by atoms with Gasteiger partial charge in [0.15, 0.2) is 10.8 Å². The third-order valence-electron chi connectivity index (χ3n) is 2.29. The molecule has 0 atom stereocenters. The first-order valence-electron chi connectivity index (χ1n) is 4.76. The molecular formula is C11H7ClN4. The molecule has 1 N–H and O–H groups in total. The molecule has 4 nitrogen and oxygen atoms in total. The van der Waals surface area contributed by atoms with Crippen LogP contribution in [0.15, 0.2) is 36.7 Å². The molecule has 2 aromatic heterocycles. The summed E-state index contributed by atoms with van der Waals surface area (Å²) in [6, 6.07) is 9.81. The molecule has 0 aliphatic rings. The summed E-state index contributed by atoms with van der Waals surface area (Å²) in [6.45, 7) is 0. The molecular weight excluding hydrogens is 224 g/mol. The van der Waals surface area contributed by atoms with Gasteiger partial charge in [-0.25, -0.2) is 15.0 Å². The van der Waals surface area contributed by atoms with E-state index in [1.165, 1.54) is 6.33 Å². The van der Waals surface area contributed by atoms with E-state index in [0.29, 0.717) is 16.3 Å². The number of hydrogen-bond acceptors (Lipinski definition) is 3. The second-order valence-corrected chi connectivity index (χ2v) is 3.67. The van der Waals surface area contributed by atoms with Crippen molar-refractivity contribution >= 4 is 22.8 Å². The highest BCUT2D eigenvalue weighted by molar-refractivity contribution is 6.33. The molecule has 0 saturated carbocycles. The number of nitrogens with zero attached hydrogens (tertiary/aromatic N) is 3. The summed E-state index contributed by atoms with van der Waals surface area (Å²) in [5, 5.41) is 0.389. The average molecular weight is 231 g/mol. The monoisotopic (exact) mass is 230 g/mol. The summed E-state index contributed by atoms with van der Waals surface area (Å²) >= 11 is 5.94. The van der Waals surface area contributed by atoms with Crippen LogP contribution in [0.25, 0.3) is 22.6 Å². The molecule has 0 fully saturated rings. The Morgan fingerprint density at radius 1 is 1.06 bits per heavy atom. The zero-order valence-electron chi connectivity index (χ0n) is 8.18. The van der Waals surface area contributed by atoms with Gasteiger partial charge in [0, 0.05) is 5.56 Å². The number of fused-ring (bicyclic) bond motifs is 1. The van der Waals surface area contributed by atoms with E-state index in [1.807, 2.05) is 30.3 Å². The summed E-state index contributed by atoms with van der Waals surface area (Å²) in [5.74, 6) is 0.748. The molecule has 0 aliphatic carbocycles. The Morgan fingerprint density at radius 3 is 2.62 bits per heavy atom. The normalized spacial score (nSPS) is 10.8. The van der Waals surface area contributed by atoms with Crippen molar-refractivity contribution in [2.24, 2.45) is 0 Å². The molecule has 2 heterocycles. The number of aromatic nitrogens is 4. The van der Waals surface area contributed by atoms with E-state index in [9.17, 15) is 0 Å². The van der Waals surface area contributed by atoms with Gasteiger partial charge in [0.25, 0.3) is 0 Å². The van der Waals surface area contributed by atoms with Gasteiger partial charge in [-0.3, -0.25) is 0 Å². The van der Waals surface area contributed by atoms with Crippen molar-refractivity contribution in [3.63, 3.8) is 0 Å². The number of H-pyrrole nitrogens is 1. The highest BCUT2D eigenvalue weighted by Crippen LogP contribution is 2.22. The summed E-state index contributed by atoms with van der Waals surface area (Å²) in [4.78, 5) is 15.4. The maximum Gasteiger partial charge on any atom is 0.182 e. The van der Waals surface area contributed by atoms with Crippen LogP contribution in [0.3, 0.4) is 0 Å². The number of benzene rings is 1. The largest absolute Gasteiger partial charge is 0.334 e. The van der Waals surface area contributed by atoms with Gasteiger partial charge in [-0.1, -0.05) is 41.9 Å². The van der Waals surface area contributed by atoms with Crippen molar-refractivity contribution in [2.45, 2.75) is 0 Å².